The van der Waals surface area contributed by atoms with E-state index in [0.29, 0.717) is 18.7 Å². The standard InChI is InChI=1S/C21H22BrN3O2/c1-14-20(22)15(2)25(24-14)13-17-3-7-18(8-4-17)21(27)23-12-11-16-5-9-19(26)10-6-16/h3-10,26H,11-13H2,1-2H3,(H,23,27). The number of hydrogen-bond acceptors (Lipinski definition) is 3. The first kappa shape index (κ1) is 19.2. The first-order valence-electron chi connectivity index (χ1n) is 8.78. The summed E-state index contributed by atoms with van der Waals surface area (Å²) >= 11 is 3.54. The molecular formula is C21H22BrN3O2. The van der Waals surface area contributed by atoms with E-state index in [1.165, 1.54) is 0 Å². The topological polar surface area (TPSA) is 67.2 Å². The molecule has 1 heterocycles. The number of phenolic OH excluding ortho intramolecular Hbond substituents is 1. The molecule has 0 radical (unpaired) electrons. The molecule has 0 bridgehead atoms. The summed E-state index contributed by atoms with van der Waals surface area (Å²) in [5.41, 5.74) is 4.85. The van der Waals surface area contributed by atoms with Gasteiger partial charge < -0.3 is 10.4 Å². The molecule has 140 valence electrons. The average Bonchev–Trinajstić information content (AvgIpc) is 2.90. The first-order chi connectivity index (χ1) is 12.9. The summed E-state index contributed by atoms with van der Waals surface area (Å²) in [7, 11) is 0. The number of aryl methyl sites for hydroxylation is 1. The lowest BCUT2D eigenvalue weighted by molar-refractivity contribution is 0.0954. The molecule has 0 fully saturated rings. The highest BCUT2D eigenvalue weighted by Gasteiger charge is 2.10. The summed E-state index contributed by atoms with van der Waals surface area (Å²) in [6, 6.07) is 14.6. The lowest BCUT2D eigenvalue weighted by Crippen LogP contribution is -2.25. The smallest absolute Gasteiger partial charge is 0.251 e. The van der Waals surface area contributed by atoms with Crippen molar-refractivity contribution in [2.45, 2.75) is 26.8 Å². The zero-order chi connectivity index (χ0) is 19.4. The molecule has 1 aromatic heterocycles. The van der Waals surface area contributed by atoms with Crippen molar-refractivity contribution in [1.82, 2.24) is 15.1 Å². The summed E-state index contributed by atoms with van der Waals surface area (Å²) in [5.74, 6) is 0.157. The number of nitrogens with zero attached hydrogens (tertiary/aromatic N) is 2. The fourth-order valence-electron chi connectivity index (χ4n) is 2.85. The van der Waals surface area contributed by atoms with E-state index in [-0.39, 0.29) is 11.7 Å². The molecule has 0 saturated carbocycles. The van der Waals surface area contributed by atoms with Crippen LogP contribution in [0.1, 0.15) is 32.9 Å². The third-order valence-corrected chi connectivity index (χ3v) is 5.62. The summed E-state index contributed by atoms with van der Waals surface area (Å²) in [6.07, 6.45) is 0.719. The van der Waals surface area contributed by atoms with E-state index >= 15 is 0 Å². The largest absolute Gasteiger partial charge is 0.508 e. The van der Waals surface area contributed by atoms with Gasteiger partial charge in [0.15, 0.2) is 0 Å². The van der Waals surface area contributed by atoms with Crippen molar-refractivity contribution in [3.63, 3.8) is 0 Å². The van der Waals surface area contributed by atoms with E-state index in [1.54, 1.807) is 12.1 Å². The molecule has 0 aliphatic rings. The van der Waals surface area contributed by atoms with E-state index in [9.17, 15) is 9.90 Å². The van der Waals surface area contributed by atoms with Crippen molar-refractivity contribution in [3.8, 4) is 5.75 Å². The van der Waals surface area contributed by atoms with Gasteiger partial charge in [0.25, 0.3) is 5.91 Å². The molecule has 6 heteroatoms. The number of amides is 1. The van der Waals surface area contributed by atoms with Crippen molar-refractivity contribution >= 4 is 21.8 Å². The Kier molecular flexibility index (Phi) is 5.96. The van der Waals surface area contributed by atoms with Gasteiger partial charge in [-0.1, -0.05) is 24.3 Å². The van der Waals surface area contributed by atoms with Crippen LogP contribution in [0, 0.1) is 13.8 Å². The van der Waals surface area contributed by atoms with Crippen LogP contribution in [-0.2, 0) is 13.0 Å². The number of halogens is 1. The number of carbonyl (C=O) groups excluding carboxylic acids is 1. The maximum Gasteiger partial charge on any atom is 0.251 e. The fraction of sp³-hybridized carbons (Fsp3) is 0.238. The van der Waals surface area contributed by atoms with Crippen LogP contribution >= 0.6 is 15.9 Å². The lowest BCUT2D eigenvalue weighted by Gasteiger charge is -2.08. The van der Waals surface area contributed by atoms with Crippen molar-refractivity contribution in [3.05, 3.63) is 81.1 Å². The minimum absolute atomic E-state index is 0.0887. The summed E-state index contributed by atoms with van der Waals surface area (Å²) < 4.78 is 2.98. The number of rotatable bonds is 6. The molecular weight excluding hydrogens is 406 g/mol. The number of phenols is 1. The van der Waals surface area contributed by atoms with Crippen molar-refractivity contribution in [2.24, 2.45) is 0 Å². The molecule has 5 nitrogen and oxygen atoms in total. The molecule has 2 N–H and O–H groups in total. The number of carbonyl (C=O) groups is 1. The van der Waals surface area contributed by atoms with Gasteiger partial charge in [-0.15, -0.1) is 0 Å². The number of aromatic hydroxyl groups is 1. The Hall–Kier alpha value is -2.60. The van der Waals surface area contributed by atoms with Gasteiger partial charge in [0.1, 0.15) is 5.75 Å². The van der Waals surface area contributed by atoms with Gasteiger partial charge in [0.05, 0.1) is 22.4 Å². The van der Waals surface area contributed by atoms with Crippen molar-refractivity contribution < 1.29 is 9.90 Å². The maximum atomic E-state index is 12.3. The average molecular weight is 428 g/mol. The Balaban J connectivity index is 1.55. The van der Waals surface area contributed by atoms with Crippen LogP contribution in [-0.4, -0.2) is 27.3 Å². The Bertz CT molecular complexity index is 931. The molecule has 0 unspecified atom stereocenters. The van der Waals surface area contributed by atoms with E-state index in [1.807, 2.05) is 54.9 Å². The number of nitrogens with one attached hydrogen (secondary N) is 1. The molecule has 0 aliphatic heterocycles. The third kappa shape index (κ3) is 4.77. The van der Waals surface area contributed by atoms with Crippen LogP contribution in [0.5, 0.6) is 5.75 Å². The van der Waals surface area contributed by atoms with Crippen LogP contribution in [0.2, 0.25) is 0 Å². The fourth-order valence-corrected chi connectivity index (χ4v) is 3.13. The maximum absolute atomic E-state index is 12.3. The van der Waals surface area contributed by atoms with E-state index in [4.69, 9.17) is 0 Å². The van der Waals surface area contributed by atoms with Gasteiger partial charge in [0, 0.05) is 12.1 Å². The van der Waals surface area contributed by atoms with E-state index in [2.05, 4.69) is 26.3 Å². The number of benzene rings is 2. The van der Waals surface area contributed by atoms with Gasteiger partial charge in [0.2, 0.25) is 0 Å². The summed E-state index contributed by atoms with van der Waals surface area (Å²) in [6.45, 7) is 5.21. The highest BCUT2D eigenvalue weighted by Crippen LogP contribution is 2.20. The third-order valence-electron chi connectivity index (χ3n) is 4.48. The SMILES string of the molecule is Cc1nn(Cc2ccc(C(=O)NCCc3ccc(O)cc3)cc2)c(C)c1Br. The second-order valence-corrected chi connectivity index (χ2v) is 7.30. The zero-order valence-electron chi connectivity index (χ0n) is 15.4. The van der Waals surface area contributed by atoms with Gasteiger partial charge in [-0.25, -0.2) is 0 Å². The predicted octanol–water partition coefficient (Wildman–Crippen LogP) is 3.99. The number of aromatic nitrogens is 2. The highest BCUT2D eigenvalue weighted by atomic mass is 79.9. The van der Waals surface area contributed by atoms with E-state index < -0.39 is 0 Å². The van der Waals surface area contributed by atoms with Gasteiger partial charge >= 0.3 is 0 Å². The van der Waals surface area contributed by atoms with Gasteiger partial charge in [-0.2, -0.15) is 5.10 Å². The molecule has 27 heavy (non-hydrogen) atoms. The van der Waals surface area contributed by atoms with Crippen LogP contribution < -0.4 is 5.32 Å². The quantitative estimate of drug-likeness (QED) is 0.624. The van der Waals surface area contributed by atoms with Crippen LogP contribution in [0.15, 0.2) is 53.0 Å². The second-order valence-electron chi connectivity index (χ2n) is 6.51. The molecule has 1 amide bonds. The van der Waals surface area contributed by atoms with Gasteiger partial charge in [-0.3, -0.25) is 9.48 Å². The van der Waals surface area contributed by atoms with Crippen LogP contribution in [0.4, 0.5) is 0 Å². The molecule has 0 atom stereocenters. The van der Waals surface area contributed by atoms with Crippen molar-refractivity contribution in [1.29, 1.82) is 0 Å². The molecule has 0 aliphatic carbocycles. The lowest BCUT2D eigenvalue weighted by atomic mass is 10.1. The first-order valence-corrected chi connectivity index (χ1v) is 9.58. The zero-order valence-corrected chi connectivity index (χ0v) is 17.0. The Labute approximate surface area is 167 Å². The van der Waals surface area contributed by atoms with Gasteiger partial charge in [-0.05, 0) is 71.6 Å². The number of hydrogen-bond donors (Lipinski definition) is 2. The van der Waals surface area contributed by atoms with E-state index in [0.717, 1.165) is 33.4 Å². The summed E-state index contributed by atoms with van der Waals surface area (Å²) in [4.78, 5) is 12.3. The minimum Gasteiger partial charge on any atom is -0.508 e. The Morgan fingerprint density at radius 3 is 2.30 bits per heavy atom. The normalized spacial score (nSPS) is 10.8. The highest BCUT2D eigenvalue weighted by molar-refractivity contribution is 9.10. The molecule has 0 saturated heterocycles. The van der Waals surface area contributed by atoms with Crippen LogP contribution in [0.25, 0.3) is 0 Å². The molecule has 3 aromatic rings. The molecule has 3 rings (SSSR count). The second kappa shape index (κ2) is 8.39. The Morgan fingerprint density at radius 2 is 1.70 bits per heavy atom. The molecule has 2 aromatic carbocycles. The Morgan fingerprint density at radius 1 is 1.07 bits per heavy atom. The minimum atomic E-state index is -0.0887. The summed E-state index contributed by atoms with van der Waals surface area (Å²) in [5, 5.41) is 16.7. The monoisotopic (exact) mass is 427 g/mol. The van der Waals surface area contributed by atoms with Crippen molar-refractivity contribution in [2.75, 3.05) is 6.54 Å². The molecule has 0 spiro atoms. The predicted molar refractivity (Wildman–Crippen MR) is 109 cm³/mol. The van der Waals surface area contributed by atoms with Crippen LogP contribution in [0.3, 0.4) is 0 Å².